The van der Waals surface area contributed by atoms with Gasteiger partial charge >= 0.3 is 0 Å². The Morgan fingerprint density at radius 3 is 2.67 bits per heavy atom. The molecule has 1 aromatic carbocycles. The SMILES string of the molecule is C=C(NC)c1ccc(Cn2ccc3cc(C4=CCN(CC5CCCCC5)CC4)cnc32)cc1. The summed E-state index contributed by atoms with van der Waals surface area (Å²) in [6.45, 7) is 8.40. The van der Waals surface area contributed by atoms with E-state index < -0.39 is 0 Å². The lowest BCUT2D eigenvalue weighted by molar-refractivity contribution is 0.216. The highest BCUT2D eigenvalue weighted by atomic mass is 15.1. The third-order valence-electron chi connectivity index (χ3n) is 7.46. The second-order valence-corrected chi connectivity index (χ2v) is 9.75. The first-order valence-electron chi connectivity index (χ1n) is 12.5. The molecule has 2 aliphatic rings. The average molecular weight is 441 g/mol. The number of nitrogens with one attached hydrogen (secondary N) is 1. The van der Waals surface area contributed by atoms with E-state index >= 15 is 0 Å². The standard InChI is InChI=1S/C29H36N4/c1-22(30-2)25-10-8-24(9-11-25)21-33-17-14-27-18-28(19-31-29(27)33)26-12-15-32(16-13-26)20-23-6-4-3-5-7-23/h8-12,14,17-19,23,30H,1,3-7,13,15-16,20-21H2,2H3. The molecule has 0 bridgehead atoms. The van der Waals surface area contributed by atoms with Crippen molar-refractivity contribution < 1.29 is 0 Å². The zero-order valence-corrected chi connectivity index (χ0v) is 19.9. The van der Waals surface area contributed by atoms with Crippen molar-refractivity contribution in [3.8, 4) is 0 Å². The van der Waals surface area contributed by atoms with Crippen LogP contribution in [0.4, 0.5) is 0 Å². The number of hydrogen-bond acceptors (Lipinski definition) is 3. The second kappa shape index (κ2) is 9.96. The van der Waals surface area contributed by atoms with Crippen molar-refractivity contribution >= 4 is 22.3 Å². The Morgan fingerprint density at radius 2 is 1.94 bits per heavy atom. The molecule has 1 N–H and O–H groups in total. The Hall–Kier alpha value is -2.85. The molecule has 33 heavy (non-hydrogen) atoms. The number of benzene rings is 1. The molecule has 1 fully saturated rings. The molecule has 0 amide bonds. The molecular weight excluding hydrogens is 404 g/mol. The van der Waals surface area contributed by atoms with Crippen molar-refractivity contribution in [1.82, 2.24) is 19.8 Å². The summed E-state index contributed by atoms with van der Waals surface area (Å²) in [6, 6.07) is 13.1. The molecule has 0 saturated heterocycles. The van der Waals surface area contributed by atoms with Crippen molar-refractivity contribution in [2.75, 3.05) is 26.7 Å². The van der Waals surface area contributed by atoms with Gasteiger partial charge in [0, 0.05) is 56.7 Å². The maximum absolute atomic E-state index is 4.87. The van der Waals surface area contributed by atoms with E-state index in [0.717, 1.165) is 42.3 Å². The third-order valence-corrected chi connectivity index (χ3v) is 7.46. The molecule has 1 saturated carbocycles. The van der Waals surface area contributed by atoms with Gasteiger partial charge in [0.15, 0.2) is 0 Å². The van der Waals surface area contributed by atoms with Gasteiger partial charge in [0.25, 0.3) is 0 Å². The van der Waals surface area contributed by atoms with Crippen molar-refractivity contribution in [3.05, 3.63) is 78.1 Å². The zero-order chi connectivity index (χ0) is 22.6. The fraction of sp³-hybridized carbons (Fsp3) is 0.414. The second-order valence-electron chi connectivity index (χ2n) is 9.75. The van der Waals surface area contributed by atoms with Crippen LogP contribution in [0.2, 0.25) is 0 Å². The fourth-order valence-corrected chi connectivity index (χ4v) is 5.41. The van der Waals surface area contributed by atoms with Crippen LogP contribution in [0.25, 0.3) is 22.3 Å². The molecule has 5 rings (SSSR count). The van der Waals surface area contributed by atoms with Crippen molar-refractivity contribution in [2.24, 2.45) is 5.92 Å². The lowest BCUT2D eigenvalue weighted by Gasteiger charge is -2.31. The monoisotopic (exact) mass is 440 g/mol. The summed E-state index contributed by atoms with van der Waals surface area (Å²) >= 11 is 0. The lowest BCUT2D eigenvalue weighted by Crippen LogP contribution is -2.34. The first kappa shape index (κ1) is 22.0. The van der Waals surface area contributed by atoms with Crippen molar-refractivity contribution in [3.63, 3.8) is 0 Å². The Morgan fingerprint density at radius 1 is 1.12 bits per heavy atom. The minimum Gasteiger partial charge on any atom is -0.388 e. The lowest BCUT2D eigenvalue weighted by atomic mass is 9.88. The van der Waals surface area contributed by atoms with Crippen molar-refractivity contribution in [2.45, 2.75) is 45.1 Å². The van der Waals surface area contributed by atoms with Crippen LogP contribution in [0.3, 0.4) is 0 Å². The highest BCUT2D eigenvalue weighted by molar-refractivity contribution is 5.81. The highest BCUT2D eigenvalue weighted by Gasteiger charge is 2.19. The van der Waals surface area contributed by atoms with E-state index in [2.05, 4.69) is 76.2 Å². The van der Waals surface area contributed by atoms with Gasteiger partial charge in [0.1, 0.15) is 5.65 Å². The van der Waals surface area contributed by atoms with Gasteiger partial charge in [-0.15, -0.1) is 0 Å². The van der Waals surface area contributed by atoms with E-state index in [1.165, 1.54) is 67.3 Å². The molecule has 2 aromatic heterocycles. The molecule has 0 atom stereocenters. The molecule has 0 radical (unpaired) electrons. The molecule has 1 aliphatic heterocycles. The molecule has 3 aromatic rings. The predicted molar refractivity (Wildman–Crippen MR) is 139 cm³/mol. The maximum Gasteiger partial charge on any atom is 0.140 e. The van der Waals surface area contributed by atoms with Crippen LogP contribution in [-0.4, -0.2) is 41.1 Å². The van der Waals surface area contributed by atoms with Crippen molar-refractivity contribution in [1.29, 1.82) is 0 Å². The summed E-state index contributed by atoms with van der Waals surface area (Å²) in [7, 11) is 1.90. The number of rotatable bonds is 7. The number of aromatic nitrogens is 2. The van der Waals surface area contributed by atoms with E-state index in [1.807, 2.05) is 7.05 Å². The predicted octanol–water partition coefficient (Wildman–Crippen LogP) is 5.94. The first-order valence-corrected chi connectivity index (χ1v) is 12.5. The summed E-state index contributed by atoms with van der Waals surface area (Å²) in [6.07, 6.45) is 15.0. The largest absolute Gasteiger partial charge is 0.388 e. The average Bonchev–Trinajstić information content (AvgIpc) is 3.27. The van der Waals surface area contributed by atoms with E-state index in [-0.39, 0.29) is 0 Å². The van der Waals surface area contributed by atoms with Gasteiger partial charge in [-0.1, -0.05) is 56.2 Å². The Kier molecular flexibility index (Phi) is 6.63. The van der Waals surface area contributed by atoms with Gasteiger partial charge < -0.3 is 9.88 Å². The molecule has 1 aliphatic carbocycles. The summed E-state index contributed by atoms with van der Waals surface area (Å²) in [4.78, 5) is 7.52. The van der Waals surface area contributed by atoms with E-state index in [0.29, 0.717) is 0 Å². The number of fused-ring (bicyclic) bond motifs is 1. The van der Waals surface area contributed by atoms with Crippen LogP contribution in [0.15, 0.2) is 61.4 Å². The Bertz CT molecular complexity index is 1130. The van der Waals surface area contributed by atoms with Crippen LogP contribution in [0.5, 0.6) is 0 Å². The van der Waals surface area contributed by atoms with Gasteiger partial charge in [0.2, 0.25) is 0 Å². The third kappa shape index (κ3) is 5.06. The minimum absolute atomic E-state index is 0.820. The first-order chi connectivity index (χ1) is 16.2. The van der Waals surface area contributed by atoms with Crippen LogP contribution in [0, 0.1) is 5.92 Å². The molecule has 4 heteroatoms. The summed E-state index contributed by atoms with van der Waals surface area (Å²) < 4.78 is 2.24. The van der Waals surface area contributed by atoms with Gasteiger partial charge in [-0.25, -0.2) is 4.98 Å². The molecular formula is C29H36N4. The minimum atomic E-state index is 0.820. The van der Waals surface area contributed by atoms with Crippen LogP contribution >= 0.6 is 0 Å². The van der Waals surface area contributed by atoms with Gasteiger partial charge in [-0.2, -0.15) is 0 Å². The quantitative estimate of drug-likeness (QED) is 0.493. The zero-order valence-electron chi connectivity index (χ0n) is 19.9. The molecule has 0 unspecified atom stereocenters. The number of nitrogens with zero attached hydrogens (tertiary/aromatic N) is 3. The van der Waals surface area contributed by atoms with Crippen LogP contribution < -0.4 is 5.32 Å². The Balaban J connectivity index is 1.25. The normalized spacial score (nSPS) is 17.8. The fourth-order valence-electron chi connectivity index (χ4n) is 5.41. The topological polar surface area (TPSA) is 33.1 Å². The van der Waals surface area contributed by atoms with Gasteiger partial charge in [-0.05, 0) is 59.6 Å². The van der Waals surface area contributed by atoms with E-state index in [4.69, 9.17) is 4.98 Å². The van der Waals surface area contributed by atoms with Gasteiger partial charge in [-0.3, -0.25) is 4.90 Å². The van der Waals surface area contributed by atoms with E-state index in [1.54, 1.807) is 0 Å². The van der Waals surface area contributed by atoms with E-state index in [9.17, 15) is 0 Å². The number of pyridine rings is 1. The maximum atomic E-state index is 4.87. The molecule has 172 valence electrons. The highest BCUT2D eigenvalue weighted by Crippen LogP contribution is 2.28. The smallest absolute Gasteiger partial charge is 0.140 e. The molecule has 3 heterocycles. The summed E-state index contributed by atoms with van der Waals surface area (Å²) in [5.74, 6) is 0.921. The van der Waals surface area contributed by atoms with Gasteiger partial charge in [0.05, 0.1) is 0 Å². The molecule has 4 nitrogen and oxygen atoms in total. The summed E-state index contributed by atoms with van der Waals surface area (Å²) in [5, 5.41) is 4.33. The number of hydrogen-bond donors (Lipinski definition) is 1. The van der Waals surface area contributed by atoms with Crippen LogP contribution in [-0.2, 0) is 6.54 Å². The summed E-state index contributed by atoms with van der Waals surface area (Å²) in [5.41, 5.74) is 7.12. The molecule has 0 spiro atoms. The Labute approximate surface area is 198 Å². The van der Waals surface area contributed by atoms with Crippen LogP contribution in [0.1, 0.15) is 55.2 Å².